The van der Waals surface area contributed by atoms with Crippen molar-refractivity contribution in [3.63, 3.8) is 0 Å². The smallest absolute Gasteiger partial charge is 0.329 e. The van der Waals surface area contributed by atoms with Gasteiger partial charge in [0.15, 0.2) is 0 Å². The van der Waals surface area contributed by atoms with E-state index in [0.29, 0.717) is 6.54 Å². The lowest BCUT2D eigenvalue weighted by Gasteiger charge is -2.23. The van der Waals surface area contributed by atoms with Crippen LogP contribution in [0.1, 0.15) is 32.6 Å². The van der Waals surface area contributed by atoms with Crippen LogP contribution < -0.4 is 5.32 Å². The van der Waals surface area contributed by atoms with E-state index in [-0.39, 0.29) is 17.9 Å². The summed E-state index contributed by atoms with van der Waals surface area (Å²) in [7, 11) is 0. The predicted octanol–water partition coefficient (Wildman–Crippen LogP) is 0.784. The lowest BCUT2D eigenvalue weighted by Crippen LogP contribution is -2.36. The minimum absolute atomic E-state index is 0.178. The molecule has 2 N–H and O–H groups in total. The van der Waals surface area contributed by atoms with E-state index in [9.17, 15) is 9.59 Å². The zero-order chi connectivity index (χ0) is 12.0. The third-order valence-electron chi connectivity index (χ3n) is 2.98. The van der Waals surface area contributed by atoms with Gasteiger partial charge in [-0.15, -0.1) is 0 Å². The van der Waals surface area contributed by atoms with Gasteiger partial charge in [-0.3, -0.25) is 4.79 Å². The normalized spacial score (nSPS) is 18.3. The molecule has 16 heavy (non-hydrogen) atoms. The van der Waals surface area contributed by atoms with Crippen LogP contribution in [0.15, 0.2) is 0 Å². The van der Waals surface area contributed by atoms with Crippen LogP contribution in [0, 0.1) is 5.41 Å². The van der Waals surface area contributed by atoms with Crippen LogP contribution in [0.3, 0.4) is 0 Å². The number of aliphatic carboxylic acids is 1. The highest BCUT2D eigenvalue weighted by molar-refractivity contribution is 5.77. The molecule has 1 amide bonds. The molecule has 1 aliphatic carbocycles. The average molecular weight is 229 g/mol. The van der Waals surface area contributed by atoms with Crippen molar-refractivity contribution < 1.29 is 19.4 Å². The maximum absolute atomic E-state index is 11.3. The Kier molecular flexibility index (Phi) is 4.73. The van der Waals surface area contributed by atoms with Crippen molar-refractivity contribution >= 4 is 11.9 Å². The Morgan fingerprint density at radius 1 is 1.31 bits per heavy atom. The van der Waals surface area contributed by atoms with Crippen LogP contribution in [0.4, 0.5) is 0 Å². The second kappa shape index (κ2) is 5.84. The molecule has 1 aliphatic rings. The van der Waals surface area contributed by atoms with Crippen molar-refractivity contribution in [2.45, 2.75) is 32.6 Å². The number of hydrogen-bond donors (Lipinski definition) is 2. The topological polar surface area (TPSA) is 75.6 Å². The molecule has 92 valence electrons. The van der Waals surface area contributed by atoms with Crippen LogP contribution in [0.5, 0.6) is 0 Å². The summed E-state index contributed by atoms with van der Waals surface area (Å²) in [5.41, 5.74) is 0.211. The number of carbonyl (C=O) groups excluding carboxylic acids is 1. The SMILES string of the molecule is CC1(CNC(=O)COCC(=O)O)CCCC1. The lowest BCUT2D eigenvalue weighted by molar-refractivity contribution is -0.143. The first-order valence-corrected chi connectivity index (χ1v) is 5.58. The molecule has 1 fully saturated rings. The summed E-state index contributed by atoms with van der Waals surface area (Å²) < 4.78 is 4.69. The molecular formula is C11H19NO4. The van der Waals surface area contributed by atoms with E-state index in [4.69, 9.17) is 9.84 Å². The Bertz CT molecular complexity index is 259. The highest BCUT2D eigenvalue weighted by Gasteiger charge is 2.28. The third-order valence-corrected chi connectivity index (χ3v) is 2.98. The van der Waals surface area contributed by atoms with E-state index < -0.39 is 12.6 Å². The molecule has 1 saturated carbocycles. The highest BCUT2D eigenvalue weighted by atomic mass is 16.5. The molecular weight excluding hydrogens is 210 g/mol. The van der Waals surface area contributed by atoms with Gasteiger partial charge in [-0.25, -0.2) is 4.79 Å². The summed E-state index contributed by atoms with van der Waals surface area (Å²) in [5.74, 6) is -1.30. The summed E-state index contributed by atoms with van der Waals surface area (Å²) in [5, 5.41) is 11.1. The Morgan fingerprint density at radius 2 is 1.94 bits per heavy atom. The summed E-state index contributed by atoms with van der Waals surface area (Å²) >= 11 is 0. The van der Waals surface area contributed by atoms with Crippen molar-refractivity contribution in [1.82, 2.24) is 5.32 Å². The van der Waals surface area contributed by atoms with Gasteiger partial charge in [-0.2, -0.15) is 0 Å². The molecule has 5 nitrogen and oxygen atoms in total. The van der Waals surface area contributed by atoms with Crippen molar-refractivity contribution in [2.75, 3.05) is 19.8 Å². The summed E-state index contributed by atoms with van der Waals surface area (Å²) in [6.45, 7) is 2.22. The van der Waals surface area contributed by atoms with Gasteiger partial charge >= 0.3 is 5.97 Å². The maximum atomic E-state index is 11.3. The predicted molar refractivity (Wildman–Crippen MR) is 58.0 cm³/mol. The molecule has 0 aromatic heterocycles. The van der Waals surface area contributed by atoms with Crippen molar-refractivity contribution in [3.8, 4) is 0 Å². The molecule has 0 aromatic rings. The van der Waals surface area contributed by atoms with E-state index in [1.165, 1.54) is 12.8 Å². The van der Waals surface area contributed by atoms with E-state index in [0.717, 1.165) is 12.8 Å². The van der Waals surface area contributed by atoms with Crippen LogP contribution in [-0.4, -0.2) is 36.7 Å². The molecule has 0 unspecified atom stereocenters. The standard InChI is InChI=1S/C11H19NO4/c1-11(4-2-3-5-11)8-12-9(13)6-16-7-10(14)15/h2-8H2,1H3,(H,12,13)(H,14,15). The fourth-order valence-electron chi connectivity index (χ4n) is 2.00. The second-order valence-electron chi connectivity index (χ2n) is 4.68. The van der Waals surface area contributed by atoms with Crippen LogP contribution in [0.2, 0.25) is 0 Å². The van der Waals surface area contributed by atoms with Crippen LogP contribution in [0.25, 0.3) is 0 Å². The fourth-order valence-corrected chi connectivity index (χ4v) is 2.00. The first kappa shape index (κ1) is 13.0. The minimum atomic E-state index is -1.06. The van der Waals surface area contributed by atoms with Gasteiger partial charge in [0.1, 0.15) is 13.2 Å². The van der Waals surface area contributed by atoms with E-state index in [2.05, 4.69) is 12.2 Å². The summed E-state index contributed by atoms with van der Waals surface area (Å²) in [6, 6.07) is 0. The van der Waals surface area contributed by atoms with Gasteiger partial charge in [-0.05, 0) is 18.3 Å². The third kappa shape index (κ3) is 4.61. The number of carbonyl (C=O) groups is 2. The Hall–Kier alpha value is -1.10. The largest absolute Gasteiger partial charge is 0.480 e. The molecule has 0 bridgehead atoms. The molecule has 0 radical (unpaired) electrons. The number of nitrogens with one attached hydrogen (secondary N) is 1. The quantitative estimate of drug-likeness (QED) is 0.706. The molecule has 1 rings (SSSR count). The molecule has 0 saturated heterocycles. The number of carboxylic acids is 1. The Morgan fingerprint density at radius 3 is 2.50 bits per heavy atom. The second-order valence-corrected chi connectivity index (χ2v) is 4.68. The summed E-state index contributed by atoms with van der Waals surface area (Å²) in [4.78, 5) is 21.4. The lowest BCUT2D eigenvalue weighted by atomic mass is 9.89. The number of amides is 1. The first-order chi connectivity index (χ1) is 7.52. The van der Waals surface area contributed by atoms with Gasteiger partial charge in [-0.1, -0.05) is 19.8 Å². The molecule has 0 spiro atoms. The van der Waals surface area contributed by atoms with Crippen LogP contribution in [-0.2, 0) is 14.3 Å². The van der Waals surface area contributed by atoms with Gasteiger partial charge < -0.3 is 15.2 Å². The molecule has 0 aromatic carbocycles. The molecule has 0 atom stereocenters. The van der Waals surface area contributed by atoms with Gasteiger partial charge in [0, 0.05) is 6.54 Å². The molecule has 0 heterocycles. The van der Waals surface area contributed by atoms with E-state index in [1.807, 2.05) is 0 Å². The first-order valence-electron chi connectivity index (χ1n) is 5.58. The van der Waals surface area contributed by atoms with Crippen molar-refractivity contribution in [3.05, 3.63) is 0 Å². The summed E-state index contributed by atoms with van der Waals surface area (Å²) in [6.07, 6.45) is 4.73. The van der Waals surface area contributed by atoms with Gasteiger partial charge in [0.05, 0.1) is 0 Å². The van der Waals surface area contributed by atoms with Gasteiger partial charge in [0.2, 0.25) is 5.91 Å². The number of carboxylic acid groups (broad SMARTS) is 1. The number of ether oxygens (including phenoxy) is 1. The average Bonchev–Trinajstić information content (AvgIpc) is 2.62. The zero-order valence-corrected chi connectivity index (χ0v) is 9.62. The van der Waals surface area contributed by atoms with E-state index in [1.54, 1.807) is 0 Å². The molecule has 0 aliphatic heterocycles. The van der Waals surface area contributed by atoms with Crippen molar-refractivity contribution in [2.24, 2.45) is 5.41 Å². The monoisotopic (exact) mass is 229 g/mol. The van der Waals surface area contributed by atoms with Crippen LogP contribution >= 0.6 is 0 Å². The number of rotatable bonds is 6. The number of hydrogen-bond acceptors (Lipinski definition) is 3. The van der Waals surface area contributed by atoms with Gasteiger partial charge in [0.25, 0.3) is 0 Å². The highest BCUT2D eigenvalue weighted by Crippen LogP contribution is 2.36. The van der Waals surface area contributed by atoms with E-state index >= 15 is 0 Å². The Labute approximate surface area is 95.2 Å². The minimum Gasteiger partial charge on any atom is -0.480 e. The molecule has 5 heteroatoms. The zero-order valence-electron chi connectivity index (χ0n) is 9.62. The maximum Gasteiger partial charge on any atom is 0.329 e. The fraction of sp³-hybridized carbons (Fsp3) is 0.818. The Balaban J connectivity index is 2.12. The van der Waals surface area contributed by atoms with Crippen molar-refractivity contribution in [1.29, 1.82) is 0 Å².